The van der Waals surface area contributed by atoms with E-state index in [9.17, 15) is 26.4 Å². The summed E-state index contributed by atoms with van der Waals surface area (Å²) in [6.45, 7) is -0.655. The number of furan rings is 1. The monoisotopic (exact) mass is 477 g/mol. The van der Waals surface area contributed by atoms with Gasteiger partial charge in [0.1, 0.15) is 0 Å². The van der Waals surface area contributed by atoms with Gasteiger partial charge in [0.25, 0.3) is 5.91 Å². The maximum atomic E-state index is 12.5. The molecule has 2 aromatic carbocycles. The zero-order valence-electron chi connectivity index (χ0n) is 16.8. The van der Waals surface area contributed by atoms with Crippen LogP contribution >= 0.6 is 0 Å². The molecule has 0 spiro atoms. The maximum Gasteiger partial charge on any atom is 0.375 e. The number of ether oxygens (including phenoxy) is 1. The van der Waals surface area contributed by atoms with E-state index in [2.05, 4.69) is 5.32 Å². The topological polar surface area (TPSA) is 137 Å². The molecule has 0 fully saturated rings. The normalized spacial score (nSPS) is 11.7. The summed E-state index contributed by atoms with van der Waals surface area (Å²) in [5, 5.41) is 2.46. The molecule has 3 aromatic rings. The Labute approximate surface area is 184 Å². The van der Waals surface area contributed by atoms with Crippen molar-refractivity contribution in [3.8, 4) is 0 Å². The number of esters is 1. The highest BCUT2D eigenvalue weighted by molar-refractivity contribution is 7.91. The number of hydrogen-bond donors (Lipinski definition) is 1. The number of amides is 1. The van der Waals surface area contributed by atoms with E-state index in [1.54, 1.807) is 18.2 Å². The van der Waals surface area contributed by atoms with Crippen molar-refractivity contribution in [3.63, 3.8) is 0 Å². The van der Waals surface area contributed by atoms with Crippen LogP contribution < -0.4 is 5.32 Å². The van der Waals surface area contributed by atoms with Crippen molar-refractivity contribution in [2.75, 3.05) is 18.2 Å². The van der Waals surface area contributed by atoms with Crippen LogP contribution in [0.15, 0.2) is 81.1 Å². The third-order valence-corrected chi connectivity index (χ3v) is 7.09. The van der Waals surface area contributed by atoms with Gasteiger partial charge >= 0.3 is 5.97 Å². The lowest BCUT2D eigenvalue weighted by molar-refractivity contribution is -0.119. The van der Waals surface area contributed by atoms with Gasteiger partial charge in [-0.1, -0.05) is 18.2 Å². The molecule has 1 heterocycles. The third kappa shape index (κ3) is 5.83. The number of anilines is 1. The largest absolute Gasteiger partial charge is 0.457 e. The summed E-state index contributed by atoms with van der Waals surface area (Å²) in [4.78, 5) is 24.5. The Bertz CT molecular complexity index is 1330. The molecule has 0 radical (unpaired) electrons. The van der Waals surface area contributed by atoms with Crippen molar-refractivity contribution < 1.29 is 35.6 Å². The SMILES string of the molecule is CS(=O)(=O)c1ccc(NC(=O)COC(=O)c2occc2CS(=O)(=O)c2ccccc2)cc1. The quantitative estimate of drug-likeness (QED) is 0.489. The second-order valence-electron chi connectivity index (χ2n) is 6.77. The minimum Gasteiger partial charge on any atom is -0.457 e. The zero-order valence-corrected chi connectivity index (χ0v) is 18.5. The van der Waals surface area contributed by atoms with Gasteiger partial charge in [-0.25, -0.2) is 21.6 Å². The molecule has 1 N–H and O–H groups in total. The average molecular weight is 478 g/mol. The van der Waals surface area contributed by atoms with E-state index < -0.39 is 43.9 Å². The highest BCUT2D eigenvalue weighted by atomic mass is 32.2. The summed E-state index contributed by atoms with van der Waals surface area (Å²) >= 11 is 0. The molecular formula is C21H19NO8S2. The summed E-state index contributed by atoms with van der Waals surface area (Å²) in [5.74, 6) is -2.45. The fourth-order valence-electron chi connectivity index (χ4n) is 2.72. The van der Waals surface area contributed by atoms with Crippen molar-refractivity contribution in [2.45, 2.75) is 15.5 Å². The van der Waals surface area contributed by atoms with Gasteiger partial charge in [0, 0.05) is 17.5 Å². The smallest absolute Gasteiger partial charge is 0.375 e. The van der Waals surface area contributed by atoms with E-state index in [1.165, 1.54) is 42.5 Å². The number of hydrogen-bond acceptors (Lipinski definition) is 8. The number of carbonyl (C=O) groups excluding carboxylic acids is 2. The predicted octanol–water partition coefficient (Wildman–Crippen LogP) is 2.45. The molecule has 32 heavy (non-hydrogen) atoms. The second kappa shape index (κ2) is 9.37. The summed E-state index contributed by atoms with van der Waals surface area (Å²) in [6, 6.07) is 14.6. The lowest BCUT2D eigenvalue weighted by atomic mass is 10.3. The van der Waals surface area contributed by atoms with Gasteiger partial charge in [0.15, 0.2) is 26.3 Å². The zero-order chi connectivity index (χ0) is 23.4. The summed E-state index contributed by atoms with van der Waals surface area (Å²) in [6.07, 6.45) is 2.23. The molecule has 0 aliphatic rings. The Kier molecular flexibility index (Phi) is 6.80. The Balaban J connectivity index is 1.60. The van der Waals surface area contributed by atoms with Crippen LogP contribution in [0.2, 0.25) is 0 Å². The molecule has 9 nitrogen and oxygen atoms in total. The number of carbonyl (C=O) groups is 2. The third-order valence-electron chi connectivity index (χ3n) is 4.28. The molecule has 0 aliphatic carbocycles. The molecule has 0 atom stereocenters. The van der Waals surface area contributed by atoms with E-state index in [-0.39, 0.29) is 21.1 Å². The average Bonchev–Trinajstić information content (AvgIpc) is 3.20. The number of rotatable bonds is 8. The van der Waals surface area contributed by atoms with Crippen LogP contribution in [0.25, 0.3) is 0 Å². The minimum absolute atomic E-state index is 0.0951. The molecule has 11 heteroatoms. The number of benzene rings is 2. The number of nitrogens with one attached hydrogen (secondary N) is 1. The van der Waals surface area contributed by atoms with Gasteiger partial charge in [0.05, 0.1) is 21.8 Å². The van der Waals surface area contributed by atoms with Crippen LogP contribution in [-0.2, 0) is 35.0 Å². The van der Waals surface area contributed by atoms with Crippen molar-refractivity contribution in [3.05, 3.63) is 78.3 Å². The van der Waals surface area contributed by atoms with Gasteiger partial charge in [-0.3, -0.25) is 4.79 Å². The van der Waals surface area contributed by atoms with E-state index in [1.807, 2.05) is 0 Å². The molecule has 0 saturated carbocycles. The highest BCUT2D eigenvalue weighted by Crippen LogP contribution is 2.20. The lowest BCUT2D eigenvalue weighted by Crippen LogP contribution is -2.21. The Morgan fingerprint density at radius 2 is 1.56 bits per heavy atom. The Morgan fingerprint density at radius 3 is 2.19 bits per heavy atom. The maximum absolute atomic E-state index is 12.5. The first-order chi connectivity index (χ1) is 15.1. The van der Waals surface area contributed by atoms with Gasteiger partial charge in [-0.15, -0.1) is 0 Å². The molecule has 168 valence electrons. The van der Waals surface area contributed by atoms with Crippen LogP contribution in [0.4, 0.5) is 5.69 Å². The van der Waals surface area contributed by atoms with Crippen LogP contribution in [0.5, 0.6) is 0 Å². The van der Waals surface area contributed by atoms with Crippen molar-refractivity contribution >= 4 is 37.2 Å². The first kappa shape index (κ1) is 23.2. The van der Waals surface area contributed by atoms with Gasteiger partial charge in [-0.05, 0) is 42.5 Å². The van der Waals surface area contributed by atoms with Crippen LogP contribution in [0.1, 0.15) is 16.1 Å². The Hall–Kier alpha value is -3.44. The van der Waals surface area contributed by atoms with Gasteiger partial charge in [0.2, 0.25) is 5.76 Å². The fraction of sp³-hybridized carbons (Fsp3) is 0.143. The van der Waals surface area contributed by atoms with E-state index in [0.29, 0.717) is 5.69 Å². The van der Waals surface area contributed by atoms with E-state index in [4.69, 9.17) is 9.15 Å². The molecule has 1 amide bonds. The van der Waals surface area contributed by atoms with Gasteiger partial charge < -0.3 is 14.5 Å². The molecule has 0 unspecified atom stereocenters. The summed E-state index contributed by atoms with van der Waals surface area (Å²) in [7, 11) is -7.08. The van der Waals surface area contributed by atoms with Crippen LogP contribution in [0.3, 0.4) is 0 Å². The van der Waals surface area contributed by atoms with Crippen LogP contribution in [0, 0.1) is 0 Å². The molecular weight excluding hydrogens is 458 g/mol. The van der Waals surface area contributed by atoms with Crippen molar-refractivity contribution in [1.82, 2.24) is 0 Å². The Morgan fingerprint density at radius 1 is 0.906 bits per heavy atom. The molecule has 0 aliphatic heterocycles. The first-order valence-electron chi connectivity index (χ1n) is 9.17. The highest BCUT2D eigenvalue weighted by Gasteiger charge is 2.24. The van der Waals surface area contributed by atoms with E-state index >= 15 is 0 Å². The molecule has 3 rings (SSSR count). The van der Waals surface area contributed by atoms with Gasteiger partial charge in [-0.2, -0.15) is 0 Å². The predicted molar refractivity (Wildman–Crippen MR) is 115 cm³/mol. The minimum atomic E-state index is -3.72. The summed E-state index contributed by atoms with van der Waals surface area (Å²) in [5.41, 5.74) is 0.418. The lowest BCUT2D eigenvalue weighted by Gasteiger charge is -2.08. The molecule has 0 saturated heterocycles. The van der Waals surface area contributed by atoms with Crippen molar-refractivity contribution in [1.29, 1.82) is 0 Å². The summed E-state index contributed by atoms with van der Waals surface area (Å²) < 4.78 is 58.0. The van der Waals surface area contributed by atoms with Crippen LogP contribution in [-0.4, -0.2) is 41.6 Å². The van der Waals surface area contributed by atoms with E-state index in [0.717, 1.165) is 12.5 Å². The second-order valence-corrected chi connectivity index (χ2v) is 10.8. The molecule has 1 aromatic heterocycles. The number of sulfone groups is 2. The first-order valence-corrected chi connectivity index (χ1v) is 12.7. The standard InChI is InChI=1S/C21H19NO8S2/c1-31(25,26)17-9-7-16(8-10-17)22-19(23)13-30-21(24)20-15(11-12-29-20)14-32(27,28)18-5-3-2-4-6-18/h2-12H,13-14H2,1H3,(H,22,23). The fourth-order valence-corrected chi connectivity index (χ4v) is 4.73. The van der Waals surface area contributed by atoms with Crippen molar-refractivity contribution in [2.24, 2.45) is 0 Å². The molecule has 0 bridgehead atoms.